The van der Waals surface area contributed by atoms with Crippen LogP contribution < -0.4 is 0 Å². The van der Waals surface area contributed by atoms with Crippen molar-refractivity contribution in [2.24, 2.45) is 23.7 Å². The number of nitrogens with zero attached hydrogens (tertiary/aromatic N) is 1. The monoisotopic (exact) mass is 268 g/mol. The van der Waals surface area contributed by atoms with E-state index in [-0.39, 0.29) is 35.8 Å². The molecule has 3 aliphatic rings. The Hall–Kier alpha value is -1.10. The van der Waals surface area contributed by atoms with Crippen LogP contribution in [0.1, 0.15) is 12.8 Å². The molecular weight excluding hydrogens is 246 g/mol. The summed E-state index contributed by atoms with van der Waals surface area (Å²) in [5, 5.41) is 0. The molecule has 0 unspecified atom stereocenters. The molecule has 5 atom stereocenters. The molecule has 1 saturated heterocycles. The van der Waals surface area contributed by atoms with Gasteiger partial charge in [0.1, 0.15) is 19.3 Å². The third kappa shape index (κ3) is 2.14. The molecule has 2 aliphatic carbocycles. The number of ether oxygens (including phenoxy) is 2. The first-order chi connectivity index (χ1) is 8.87. The smallest absolute Gasteiger partial charge is 0.310 e. The predicted molar refractivity (Wildman–Crippen MR) is 66.9 cm³/mol. The van der Waals surface area contributed by atoms with Crippen molar-refractivity contribution in [1.82, 2.24) is 0 Å². The highest BCUT2D eigenvalue weighted by atomic mass is 16.6. The summed E-state index contributed by atoms with van der Waals surface area (Å²) in [5.41, 5.74) is 0. The number of quaternary nitrogens is 1. The number of carbonyl (C=O) groups excluding carboxylic acids is 2. The lowest BCUT2D eigenvalue weighted by molar-refractivity contribution is -0.870. The lowest BCUT2D eigenvalue weighted by Crippen LogP contribution is -2.39. The van der Waals surface area contributed by atoms with Crippen LogP contribution in [0.15, 0.2) is 0 Å². The van der Waals surface area contributed by atoms with Crippen LogP contribution in [0.4, 0.5) is 0 Å². The van der Waals surface area contributed by atoms with Crippen molar-refractivity contribution >= 4 is 11.9 Å². The molecule has 0 aromatic rings. The SMILES string of the molecule is C[N+](C)(C)CCOC(=O)[C@@H]1[C@H]2C[C@@H]3[C@@H]1C(=O)O[C@@H]3C2. The molecule has 0 aromatic carbocycles. The van der Waals surface area contributed by atoms with Crippen LogP contribution in [0.3, 0.4) is 0 Å². The Morgan fingerprint density at radius 3 is 2.79 bits per heavy atom. The van der Waals surface area contributed by atoms with E-state index in [1.54, 1.807) is 0 Å². The van der Waals surface area contributed by atoms with Crippen molar-refractivity contribution in [3.8, 4) is 0 Å². The molecule has 5 heteroatoms. The van der Waals surface area contributed by atoms with E-state index in [2.05, 4.69) is 21.1 Å². The van der Waals surface area contributed by atoms with Crippen LogP contribution in [-0.2, 0) is 19.1 Å². The maximum atomic E-state index is 12.2. The van der Waals surface area contributed by atoms with E-state index in [1.165, 1.54) is 0 Å². The number of carbonyl (C=O) groups is 2. The number of esters is 2. The van der Waals surface area contributed by atoms with Crippen LogP contribution in [0, 0.1) is 23.7 Å². The molecule has 3 rings (SSSR count). The highest BCUT2D eigenvalue weighted by molar-refractivity contribution is 5.85. The van der Waals surface area contributed by atoms with E-state index in [0.717, 1.165) is 23.9 Å². The first-order valence-electron chi connectivity index (χ1n) is 7.04. The summed E-state index contributed by atoms with van der Waals surface area (Å²) >= 11 is 0. The molecule has 2 bridgehead atoms. The van der Waals surface area contributed by atoms with Crippen molar-refractivity contribution in [2.45, 2.75) is 18.9 Å². The number of hydrogen-bond acceptors (Lipinski definition) is 4. The maximum Gasteiger partial charge on any atom is 0.310 e. The second-order valence-corrected chi connectivity index (χ2v) is 7.10. The third-order valence-electron chi connectivity index (χ3n) is 4.76. The van der Waals surface area contributed by atoms with Gasteiger partial charge in [-0.2, -0.15) is 0 Å². The fourth-order valence-electron chi connectivity index (χ4n) is 3.84. The van der Waals surface area contributed by atoms with Gasteiger partial charge in [0.2, 0.25) is 0 Å². The average Bonchev–Trinajstić information content (AvgIpc) is 2.86. The van der Waals surface area contributed by atoms with Gasteiger partial charge in [-0.15, -0.1) is 0 Å². The molecule has 19 heavy (non-hydrogen) atoms. The summed E-state index contributed by atoms with van der Waals surface area (Å²) < 4.78 is 11.5. The van der Waals surface area contributed by atoms with E-state index in [4.69, 9.17) is 9.47 Å². The second kappa shape index (κ2) is 4.20. The first-order valence-corrected chi connectivity index (χ1v) is 7.04. The van der Waals surface area contributed by atoms with E-state index in [1.807, 2.05) is 0 Å². The minimum absolute atomic E-state index is 0.0813. The normalized spacial score (nSPS) is 39.5. The van der Waals surface area contributed by atoms with Crippen molar-refractivity contribution in [1.29, 1.82) is 0 Å². The largest absolute Gasteiger partial charge is 0.462 e. The molecule has 3 fully saturated rings. The zero-order valence-corrected chi connectivity index (χ0v) is 11.8. The highest BCUT2D eigenvalue weighted by Gasteiger charge is 2.64. The van der Waals surface area contributed by atoms with E-state index in [9.17, 15) is 9.59 Å². The Bertz CT molecular complexity index is 412. The summed E-state index contributed by atoms with van der Waals surface area (Å²) in [4.78, 5) is 24.0. The van der Waals surface area contributed by atoms with Gasteiger partial charge in [0.15, 0.2) is 0 Å². The minimum Gasteiger partial charge on any atom is -0.462 e. The van der Waals surface area contributed by atoms with Crippen molar-refractivity contribution in [3.63, 3.8) is 0 Å². The van der Waals surface area contributed by atoms with Crippen molar-refractivity contribution in [2.75, 3.05) is 34.3 Å². The lowest BCUT2D eigenvalue weighted by atomic mass is 9.80. The molecule has 1 heterocycles. The van der Waals surface area contributed by atoms with E-state index in [0.29, 0.717) is 12.5 Å². The quantitative estimate of drug-likeness (QED) is 0.548. The zero-order valence-electron chi connectivity index (χ0n) is 11.8. The van der Waals surface area contributed by atoms with Crippen molar-refractivity contribution in [3.05, 3.63) is 0 Å². The maximum absolute atomic E-state index is 12.2. The fourth-order valence-corrected chi connectivity index (χ4v) is 3.84. The molecule has 0 amide bonds. The molecule has 2 saturated carbocycles. The second-order valence-electron chi connectivity index (χ2n) is 7.10. The van der Waals surface area contributed by atoms with Gasteiger partial charge in [-0.25, -0.2) is 0 Å². The van der Waals surface area contributed by atoms with Gasteiger partial charge in [0, 0.05) is 5.92 Å². The Kier molecular flexibility index (Phi) is 2.85. The van der Waals surface area contributed by atoms with Gasteiger partial charge in [-0.1, -0.05) is 0 Å². The fraction of sp³-hybridized carbons (Fsp3) is 0.857. The molecule has 0 radical (unpaired) electrons. The first kappa shape index (κ1) is 12.9. The summed E-state index contributed by atoms with van der Waals surface area (Å²) in [6.45, 7) is 1.20. The van der Waals surface area contributed by atoms with Gasteiger partial charge in [-0.3, -0.25) is 9.59 Å². The Labute approximate surface area is 113 Å². The van der Waals surface area contributed by atoms with Crippen LogP contribution in [-0.4, -0.2) is 56.8 Å². The van der Waals surface area contributed by atoms with Crippen LogP contribution in [0.5, 0.6) is 0 Å². The number of hydrogen-bond donors (Lipinski definition) is 0. The number of fused-ring (bicyclic) bond motifs is 1. The Balaban J connectivity index is 1.60. The minimum atomic E-state index is -0.247. The summed E-state index contributed by atoms with van der Waals surface area (Å²) in [6, 6.07) is 0. The molecular formula is C14H22NO4+. The highest BCUT2D eigenvalue weighted by Crippen LogP contribution is 2.57. The van der Waals surface area contributed by atoms with Crippen molar-refractivity contribution < 1.29 is 23.5 Å². The number of likely N-dealkylation sites (N-methyl/N-ethyl adjacent to an activating group) is 1. The van der Waals surface area contributed by atoms with E-state index < -0.39 is 0 Å². The lowest BCUT2D eigenvalue weighted by Gasteiger charge is -2.25. The molecule has 106 valence electrons. The molecule has 0 N–H and O–H groups in total. The summed E-state index contributed by atoms with van der Waals surface area (Å²) in [7, 11) is 6.18. The standard InChI is InChI=1S/C14H22NO4/c1-15(2,3)4-5-18-13(16)11-8-6-9-10(7-8)19-14(17)12(9)11/h8-12H,4-7H2,1-3H3/q+1/t8-,9-,10+,11+,12-/m0/s1. The number of rotatable bonds is 4. The summed E-state index contributed by atoms with van der Waals surface area (Å²) in [6.07, 6.45) is 1.89. The third-order valence-corrected chi connectivity index (χ3v) is 4.76. The Morgan fingerprint density at radius 2 is 2.11 bits per heavy atom. The topological polar surface area (TPSA) is 52.6 Å². The molecule has 5 nitrogen and oxygen atoms in total. The van der Waals surface area contributed by atoms with Gasteiger partial charge >= 0.3 is 11.9 Å². The molecule has 0 spiro atoms. The average molecular weight is 268 g/mol. The van der Waals surface area contributed by atoms with Gasteiger partial charge in [0.25, 0.3) is 0 Å². The molecule has 0 aromatic heterocycles. The van der Waals surface area contributed by atoms with Crippen LogP contribution in [0.25, 0.3) is 0 Å². The molecule has 1 aliphatic heterocycles. The van der Waals surface area contributed by atoms with Crippen LogP contribution in [0.2, 0.25) is 0 Å². The van der Waals surface area contributed by atoms with E-state index >= 15 is 0 Å². The van der Waals surface area contributed by atoms with Crippen LogP contribution >= 0.6 is 0 Å². The predicted octanol–water partition coefficient (Wildman–Crippen LogP) is 0.433. The summed E-state index contributed by atoms with van der Waals surface area (Å²) in [5.74, 6) is -0.271. The van der Waals surface area contributed by atoms with Gasteiger partial charge in [0.05, 0.1) is 33.0 Å². The van der Waals surface area contributed by atoms with Gasteiger partial charge < -0.3 is 14.0 Å². The van der Waals surface area contributed by atoms with Gasteiger partial charge in [-0.05, 0) is 18.8 Å². The Morgan fingerprint density at radius 1 is 1.37 bits per heavy atom. The zero-order chi connectivity index (χ0) is 13.8.